The summed E-state index contributed by atoms with van der Waals surface area (Å²) in [6.45, 7) is 6.64. The summed E-state index contributed by atoms with van der Waals surface area (Å²) in [5.41, 5.74) is 2.81. The van der Waals surface area contributed by atoms with Crippen LogP contribution < -0.4 is 14.4 Å². The minimum absolute atomic E-state index is 0.0747. The van der Waals surface area contributed by atoms with Crippen LogP contribution in [-0.4, -0.2) is 26.5 Å². The maximum atomic E-state index is 13.0. The van der Waals surface area contributed by atoms with Crippen molar-refractivity contribution in [3.05, 3.63) is 47.5 Å². The van der Waals surface area contributed by atoms with Crippen LogP contribution in [0, 0.1) is 6.92 Å². The normalized spacial score (nSPS) is 18.3. The third-order valence-corrected chi connectivity index (χ3v) is 6.93. The number of ether oxygens (including phenoxy) is 1. The summed E-state index contributed by atoms with van der Waals surface area (Å²) in [5.74, 6) is 0.816. The van der Waals surface area contributed by atoms with Gasteiger partial charge in [-0.3, -0.25) is 9.52 Å². The van der Waals surface area contributed by atoms with Crippen molar-refractivity contribution in [2.24, 2.45) is 0 Å². The van der Waals surface area contributed by atoms with Crippen LogP contribution >= 0.6 is 0 Å². The molecule has 1 amide bonds. The molecule has 2 aliphatic heterocycles. The molecule has 0 saturated carbocycles. The van der Waals surface area contributed by atoms with Crippen molar-refractivity contribution in [2.75, 3.05) is 16.2 Å². The molecule has 0 aromatic heterocycles. The van der Waals surface area contributed by atoms with E-state index in [4.69, 9.17) is 4.74 Å². The van der Waals surface area contributed by atoms with Gasteiger partial charge in [-0.1, -0.05) is 6.07 Å². The summed E-state index contributed by atoms with van der Waals surface area (Å²) in [5, 5.41) is 0. The lowest BCUT2D eigenvalue weighted by Gasteiger charge is -2.32. The van der Waals surface area contributed by atoms with Gasteiger partial charge in [-0.15, -0.1) is 0 Å². The van der Waals surface area contributed by atoms with E-state index < -0.39 is 10.0 Å². The number of rotatable bonds is 4. The van der Waals surface area contributed by atoms with Crippen molar-refractivity contribution in [3.8, 4) is 5.75 Å². The van der Waals surface area contributed by atoms with Crippen LogP contribution in [0.15, 0.2) is 41.3 Å². The van der Waals surface area contributed by atoms with E-state index in [-0.39, 0.29) is 16.4 Å². The van der Waals surface area contributed by atoms with E-state index in [1.165, 1.54) is 0 Å². The number of nitrogens with zero attached hydrogens (tertiary/aromatic N) is 1. The number of amides is 1. The van der Waals surface area contributed by atoms with Crippen molar-refractivity contribution in [1.82, 2.24) is 0 Å². The lowest BCUT2D eigenvalue weighted by Crippen LogP contribution is -2.32. The maximum Gasteiger partial charge on any atom is 0.261 e. The fourth-order valence-corrected chi connectivity index (χ4v) is 4.98. The van der Waals surface area contributed by atoms with Crippen LogP contribution in [0.1, 0.15) is 44.2 Å². The number of carbonyl (C=O) groups excluding carboxylic acids is 1. The van der Waals surface area contributed by atoms with Gasteiger partial charge in [0.25, 0.3) is 10.0 Å². The first kappa shape index (κ1) is 19.8. The number of benzene rings is 2. The second kappa shape index (κ2) is 7.06. The molecule has 0 atom stereocenters. The molecule has 0 radical (unpaired) electrons. The third kappa shape index (κ3) is 3.96. The van der Waals surface area contributed by atoms with Crippen LogP contribution in [0.4, 0.5) is 11.4 Å². The van der Waals surface area contributed by atoms with E-state index in [0.717, 1.165) is 41.8 Å². The summed E-state index contributed by atoms with van der Waals surface area (Å²) in [6.07, 6.45) is 2.96. The van der Waals surface area contributed by atoms with Gasteiger partial charge < -0.3 is 9.64 Å². The minimum Gasteiger partial charge on any atom is -0.488 e. The largest absolute Gasteiger partial charge is 0.488 e. The van der Waals surface area contributed by atoms with Gasteiger partial charge in [-0.05, 0) is 81.5 Å². The highest BCUT2D eigenvalue weighted by molar-refractivity contribution is 7.92. The van der Waals surface area contributed by atoms with Crippen LogP contribution in [0.3, 0.4) is 0 Å². The number of hydrogen-bond acceptors (Lipinski definition) is 4. The number of nitrogens with one attached hydrogen (secondary N) is 1. The molecule has 7 heteroatoms. The molecule has 4 rings (SSSR count). The molecule has 0 spiro atoms. The zero-order chi connectivity index (χ0) is 20.8. The zero-order valence-corrected chi connectivity index (χ0v) is 17.8. The summed E-state index contributed by atoms with van der Waals surface area (Å²) >= 11 is 0. The number of aryl methyl sites for hydroxylation is 2. The summed E-state index contributed by atoms with van der Waals surface area (Å²) in [4.78, 5) is 14.0. The first-order valence-electron chi connectivity index (χ1n) is 9.90. The fraction of sp³-hybridized carbons (Fsp3) is 0.409. The van der Waals surface area contributed by atoms with Gasteiger partial charge in [-0.2, -0.15) is 0 Å². The highest BCUT2D eigenvalue weighted by Crippen LogP contribution is 2.35. The first-order valence-corrected chi connectivity index (χ1v) is 11.4. The summed E-state index contributed by atoms with van der Waals surface area (Å²) < 4.78 is 34.5. The molecule has 0 bridgehead atoms. The van der Waals surface area contributed by atoms with Crippen LogP contribution in [0.5, 0.6) is 5.75 Å². The average molecular weight is 415 g/mol. The van der Waals surface area contributed by atoms with E-state index >= 15 is 0 Å². The molecule has 1 saturated heterocycles. The third-order valence-electron chi connectivity index (χ3n) is 5.55. The molecule has 1 N–H and O–H groups in total. The number of sulfonamides is 1. The monoisotopic (exact) mass is 414 g/mol. The number of carbonyl (C=O) groups is 1. The van der Waals surface area contributed by atoms with Gasteiger partial charge in [0.2, 0.25) is 5.91 Å². The Kier molecular flexibility index (Phi) is 4.81. The summed E-state index contributed by atoms with van der Waals surface area (Å²) in [7, 11) is -3.75. The highest BCUT2D eigenvalue weighted by Gasteiger charge is 2.28. The van der Waals surface area contributed by atoms with Gasteiger partial charge in [0.15, 0.2) is 0 Å². The Balaban J connectivity index is 1.60. The number of anilines is 2. The van der Waals surface area contributed by atoms with E-state index in [1.807, 2.05) is 26.8 Å². The standard InChI is InChI=1S/C22H26N2O4S/c1-15-6-7-17(14-19(15)24-12-4-5-21(24)25)23-29(26,27)18-8-9-20-16(13-18)10-11-22(2,3)28-20/h6-9,13-14,23H,4-5,10-12H2,1-3H3. The van der Waals surface area contributed by atoms with Gasteiger partial charge in [0.05, 0.1) is 10.6 Å². The molecule has 1 fully saturated rings. The second-order valence-corrected chi connectivity index (χ2v) is 10.1. The SMILES string of the molecule is Cc1ccc(NS(=O)(=O)c2ccc3c(c2)CCC(C)(C)O3)cc1N1CCCC1=O. The van der Waals surface area contributed by atoms with Gasteiger partial charge >= 0.3 is 0 Å². The lowest BCUT2D eigenvalue weighted by molar-refractivity contribution is -0.117. The average Bonchev–Trinajstić information content (AvgIpc) is 3.07. The van der Waals surface area contributed by atoms with E-state index in [1.54, 1.807) is 35.2 Å². The Morgan fingerprint density at radius 2 is 1.90 bits per heavy atom. The van der Waals surface area contributed by atoms with E-state index in [0.29, 0.717) is 18.7 Å². The first-order chi connectivity index (χ1) is 13.6. The molecule has 0 unspecified atom stereocenters. The van der Waals surface area contributed by atoms with Crippen LogP contribution in [0.25, 0.3) is 0 Å². The number of hydrogen-bond donors (Lipinski definition) is 1. The maximum absolute atomic E-state index is 13.0. The Hall–Kier alpha value is -2.54. The molecule has 0 aliphatic carbocycles. The molecule has 29 heavy (non-hydrogen) atoms. The van der Waals surface area contributed by atoms with E-state index in [9.17, 15) is 13.2 Å². The predicted molar refractivity (Wildman–Crippen MR) is 113 cm³/mol. The van der Waals surface area contributed by atoms with Crippen LogP contribution in [0.2, 0.25) is 0 Å². The Bertz CT molecular complexity index is 1080. The molecule has 2 aliphatic rings. The molecular weight excluding hydrogens is 388 g/mol. The molecule has 2 aromatic carbocycles. The minimum atomic E-state index is -3.75. The van der Waals surface area contributed by atoms with Gasteiger partial charge in [-0.25, -0.2) is 8.42 Å². The highest BCUT2D eigenvalue weighted by atomic mass is 32.2. The Labute approximate surface area is 171 Å². The lowest BCUT2D eigenvalue weighted by atomic mass is 9.94. The Morgan fingerprint density at radius 1 is 1.10 bits per heavy atom. The molecular formula is C22H26N2O4S. The quantitative estimate of drug-likeness (QED) is 0.820. The molecule has 6 nitrogen and oxygen atoms in total. The topological polar surface area (TPSA) is 75.7 Å². The van der Waals surface area contributed by atoms with Crippen molar-refractivity contribution < 1.29 is 17.9 Å². The Morgan fingerprint density at radius 3 is 2.62 bits per heavy atom. The van der Waals surface area contributed by atoms with Crippen LogP contribution in [-0.2, 0) is 21.2 Å². The molecule has 154 valence electrons. The van der Waals surface area contributed by atoms with Gasteiger partial charge in [0, 0.05) is 18.7 Å². The van der Waals surface area contributed by atoms with Gasteiger partial charge in [0.1, 0.15) is 11.4 Å². The van der Waals surface area contributed by atoms with E-state index in [2.05, 4.69) is 4.72 Å². The van der Waals surface area contributed by atoms with Crippen molar-refractivity contribution in [1.29, 1.82) is 0 Å². The fourth-order valence-electron chi connectivity index (χ4n) is 3.88. The predicted octanol–water partition coefficient (Wildman–Crippen LogP) is 4.03. The second-order valence-electron chi connectivity index (χ2n) is 8.39. The number of fused-ring (bicyclic) bond motifs is 1. The van der Waals surface area contributed by atoms with Crippen molar-refractivity contribution in [3.63, 3.8) is 0 Å². The van der Waals surface area contributed by atoms with Crippen molar-refractivity contribution in [2.45, 2.75) is 57.0 Å². The summed E-state index contributed by atoms with van der Waals surface area (Å²) in [6, 6.07) is 10.3. The smallest absolute Gasteiger partial charge is 0.261 e. The zero-order valence-electron chi connectivity index (χ0n) is 17.0. The van der Waals surface area contributed by atoms with Crippen molar-refractivity contribution >= 4 is 27.3 Å². The molecule has 2 heterocycles. The molecule has 2 aromatic rings.